The number of alkyl halides is 6. The summed E-state index contributed by atoms with van der Waals surface area (Å²) in [4.78, 5) is 17.2. The van der Waals surface area contributed by atoms with Crippen molar-refractivity contribution in [3.63, 3.8) is 0 Å². The number of rotatable bonds is 5. The van der Waals surface area contributed by atoms with Crippen LogP contribution >= 0.6 is 0 Å². The molecule has 4 aromatic heterocycles. The minimum absolute atomic E-state index is 0.0509. The van der Waals surface area contributed by atoms with E-state index in [1.54, 1.807) is 0 Å². The summed E-state index contributed by atoms with van der Waals surface area (Å²) in [6.07, 6.45) is -6.35. The van der Waals surface area contributed by atoms with Crippen LogP contribution in [0.4, 0.5) is 43.7 Å². The van der Waals surface area contributed by atoms with Gasteiger partial charge in [-0.05, 0) is 24.3 Å². The lowest BCUT2D eigenvalue weighted by Crippen LogP contribution is -2.21. The molecule has 0 unspecified atom stereocenters. The SMILES string of the molecule is CN(CC#N)c1cc(C(F)(F)F)c(-c2cnc3c(Nc4ccc(C(F)(F)F)cn4)ccnc3n2)nn1. The van der Waals surface area contributed by atoms with Crippen molar-refractivity contribution in [3.8, 4) is 17.5 Å². The van der Waals surface area contributed by atoms with Gasteiger partial charge in [-0.3, -0.25) is 0 Å². The molecule has 9 nitrogen and oxygen atoms in total. The first-order chi connectivity index (χ1) is 17.0. The van der Waals surface area contributed by atoms with Crippen LogP contribution in [0, 0.1) is 11.3 Å². The zero-order valence-corrected chi connectivity index (χ0v) is 18.1. The van der Waals surface area contributed by atoms with E-state index >= 15 is 0 Å². The van der Waals surface area contributed by atoms with Crippen LogP contribution in [0.2, 0.25) is 0 Å². The van der Waals surface area contributed by atoms with Gasteiger partial charge in [-0.1, -0.05) is 0 Å². The molecule has 0 aliphatic heterocycles. The Morgan fingerprint density at radius 1 is 0.972 bits per heavy atom. The van der Waals surface area contributed by atoms with Gasteiger partial charge in [0.05, 0.1) is 29.1 Å². The second-order valence-corrected chi connectivity index (χ2v) is 7.32. The summed E-state index contributed by atoms with van der Waals surface area (Å²) in [7, 11) is 1.40. The summed E-state index contributed by atoms with van der Waals surface area (Å²) in [5, 5.41) is 19.0. The minimum Gasteiger partial charge on any atom is -0.345 e. The summed E-state index contributed by atoms with van der Waals surface area (Å²) in [5.74, 6) is -0.0845. The average molecular weight is 505 g/mol. The summed E-state index contributed by atoms with van der Waals surface area (Å²) >= 11 is 0. The molecule has 15 heteroatoms. The molecule has 0 aliphatic rings. The Bertz CT molecular complexity index is 1450. The lowest BCUT2D eigenvalue weighted by Gasteiger charge is -2.17. The number of hydrogen-bond acceptors (Lipinski definition) is 9. The Balaban J connectivity index is 1.71. The van der Waals surface area contributed by atoms with E-state index in [2.05, 4.69) is 35.5 Å². The number of nitriles is 1. The molecule has 1 N–H and O–H groups in total. The fraction of sp³-hybridized carbons (Fsp3) is 0.190. The third kappa shape index (κ3) is 5.06. The van der Waals surface area contributed by atoms with Gasteiger partial charge in [0.2, 0.25) is 0 Å². The molecule has 4 aromatic rings. The number of halogens is 6. The van der Waals surface area contributed by atoms with Gasteiger partial charge in [0, 0.05) is 19.4 Å². The molecule has 0 bridgehead atoms. The van der Waals surface area contributed by atoms with Gasteiger partial charge in [0.15, 0.2) is 11.5 Å². The van der Waals surface area contributed by atoms with Crippen LogP contribution in [0.25, 0.3) is 22.6 Å². The van der Waals surface area contributed by atoms with E-state index in [9.17, 15) is 26.3 Å². The molecule has 0 fully saturated rings. The normalized spacial score (nSPS) is 11.8. The molecular weight excluding hydrogens is 492 g/mol. The Morgan fingerprint density at radius 2 is 1.75 bits per heavy atom. The molecule has 4 heterocycles. The highest BCUT2D eigenvalue weighted by molar-refractivity contribution is 5.87. The van der Waals surface area contributed by atoms with E-state index < -0.39 is 29.2 Å². The molecule has 184 valence electrons. The fourth-order valence-corrected chi connectivity index (χ4v) is 3.07. The summed E-state index contributed by atoms with van der Waals surface area (Å²) in [5.41, 5.74) is -2.55. The van der Waals surface area contributed by atoms with Crippen LogP contribution in [0.15, 0.2) is 42.9 Å². The standard InChI is InChI=1S/C21H13F6N9/c1-36(7-5-28)16-8-12(21(25,26)27)17(35-34-16)14-10-31-18-13(4-6-29-19(18)33-14)32-15-3-2-11(9-30-15)20(22,23)24/h2-4,6,8-10H,7H2,1H3,(H,29,30,32,33). The van der Waals surface area contributed by atoms with Crippen LogP contribution in [0.3, 0.4) is 0 Å². The molecule has 4 rings (SSSR count). The van der Waals surface area contributed by atoms with Crippen molar-refractivity contribution in [3.05, 3.63) is 54.0 Å². The highest BCUT2D eigenvalue weighted by atomic mass is 19.4. The highest BCUT2D eigenvalue weighted by Gasteiger charge is 2.36. The van der Waals surface area contributed by atoms with Crippen LogP contribution in [0.1, 0.15) is 11.1 Å². The third-order valence-corrected chi connectivity index (χ3v) is 4.83. The molecule has 0 saturated carbocycles. The predicted octanol–water partition coefficient (Wildman–Crippen LogP) is 4.62. The Morgan fingerprint density at radius 3 is 2.39 bits per heavy atom. The summed E-state index contributed by atoms with van der Waals surface area (Å²) in [6.45, 7) is -0.200. The maximum absolute atomic E-state index is 13.8. The van der Waals surface area contributed by atoms with Crippen molar-refractivity contribution in [1.82, 2.24) is 30.1 Å². The van der Waals surface area contributed by atoms with Crippen LogP contribution < -0.4 is 10.2 Å². The average Bonchev–Trinajstić information content (AvgIpc) is 2.83. The van der Waals surface area contributed by atoms with E-state index in [1.165, 1.54) is 24.2 Å². The zero-order chi connectivity index (χ0) is 26.1. The molecular formula is C21H13F6N9. The van der Waals surface area contributed by atoms with E-state index in [4.69, 9.17) is 5.26 Å². The van der Waals surface area contributed by atoms with Crippen molar-refractivity contribution < 1.29 is 26.3 Å². The van der Waals surface area contributed by atoms with Crippen molar-refractivity contribution in [1.29, 1.82) is 5.26 Å². The molecule has 0 saturated heterocycles. The van der Waals surface area contributed by atoms with E-state index in [1.807, 2.05) is 6.07 Å². The first-order valence-corrected chi connectivity index (χ1v) is 9.93. The largest absolute Gasteiger partial charge is 0.418 e. The van der Waals surface area contributed by atoms with E-state index in [0.29, 0.717) is 6.20 Å². The lowest BCUT2D eigenvalue weighted by molar-refractivity contribution is -0.138. The lowest BCUT2D eigenvalue weighted by atomic mass is 10.1. The minimum atomic E-state index is -4.81. The van der Waals surface area contributed by atoms with Gasteiger partial charge in [-0.15, -0.1) is 10.2 Å². The molecule has 0 radical (unpaired) electrons. The Hall–Kier alpha value is -4.61. The number of aromatic nitrogens is 6. The van der Waals surface area contributed by atoms with Crippen molar-refractivity contribution in [2.24, 2.45) is 0 Å². The molecule has 0 atom stereocenters. The first kappa shape index (κ1) is 24.5. The van der Waals surface area contributed by atoms with Crippen molar-refractivity contribution in [2.45, 2.75) is 12.4 Å². The van der Waals surface area contributed by atoms with E-state index in [-0.39, 0.29) is 40.7 Å². The van der Waals surface area contributed by atoms with Crippen LogP contribution in [-0.2, 0) is 12.4 Å². The van der Waals surface area contributed by atoms with Gasteiger partial charge in [0.25, 0.3) is 0 Å². The monoisotopic (exact) mass is 505 g/mol. The zero-order valence-electron chi connectivity index (χ0n) is 18.1. The fourth-order valence-electron chi connectivity index (χ4n) is 3.07. The van der Waals surface area contributed by atoms with Gasteiger partial charge < -0.3 is 10.2 Å². The number of nitrogens with zero attached hydrogens (tertiary/aromatic N) is 8. The number of anilines is 3. The number of hydrogen-bond donors (Lipinski definition) is 1. The van der Waals surface area contributed by atoms with Crippen molar-refractivity contribution in [2.75, 3.05) is 23.8 Å². The topological polar surface area (TPSA) is 116 Å². The molecule has 0 aliphatic carbocycles. The van der Waals surface area contributed by atoms with Gasteiger partial charge in [0.1, 0.15) is 29.3 Å². The maximum atomic E-state index is 13.8. The second kappa shape index (κ2) is 9.21. The van der Waals surface area contributed by atoms with Crippen molar-refractivity contribution >= 4 is 28.5 Å². The maximum Gasteiger partial charge on any atom is 0.418 e. The molecule has 0 amide bonds. The van der Waals surface area contributed by atoms with Gasteiger partial charge >= 0.3 is 12.4 Å². The van der Waals surface area contributed by atoms with Crippen LogP contribution in [0.5, 0.6) is 0 Å². The predicted molar refractivity (Wildman–Crippen MR) is 115 cm³/mol. The third-order valence-electron chi connectivity index (χ3n) is 4.83. The molecule has 36 heavy (non-hydrogen) atoms. The van der Waals surface area contributed by atoms with E-state index in [0.717, 1.165) is 24.4 Å². The Labute approximate surface area is 198 Å². The molecule has 0 spiro atoms. The summed E-state index contributed by atoms with van der Waals surface area (Å²) in [6, 6.07) is 5.98. The number of pyridine rings is 2. The highest BCUT2D eigenvalue weighted by Crippen LogP contribution is 2.37. The number of nitrogens with one attached hydrogen (secondary N) is 1. The summed E-state index contributed by atoms with van der Waals surface area (Å²) < 4.78 is 79.6. The van der Waals surface area contributed by atoms with Gasteiger partial charge in [-0.2, -0.15) is 31.6 Å². The smallest absolute Gasteiger partial charge is 0.345 e. The van der Waals surface area contributed by atoms with Crippen LogP contribution in [-0.4, -0.2) is 43.7 Å². The number of fused-ring (bicyclic) bond motifs is 1. The van der Waals surface area contributed by atoms with Gasteiger partial charge in [-0.25, -0.2) is 19.9 Å². The quantitative estimate of drug-likeness (QED) is 0.306. The second-order valence-electron chi connectivity index (χ2n) is 7.32. The first-order valence-electron chi connectivity index (χ1n) is 9.93. The molecule has 0 aromatic carbocycles. The Kier molecular flexibility index (Phi) is 6.27.